The van der Waals surface area contributed by atoms with Gasteiger partial charge in [0.05, 0.1) is 0 Å². The first kappa shape index (κ1) is 14.9. The first-order valence-electron chi connectivity index (χ1n) is 8.02. The van der Waals surface area contributed by atoms with Crippen molar-refractivity contribution in [2.45, 2.75) is 25.9 Å². The molecular formula is C17H26FN3. The van der Waals surface area contributed by atoms with E-state index in [1.807, 2.05) is 13.0 Å². The molecule has 0 N–H and O–H groups in total. The van der Waals surface area contributed by atoms with E-state index in [1.54, 1.807) is 6.07 Å². The van der Waals surface area contributed by atoms with Gasteiger partial charge in [0.1, 0.15) is 5.82 Å². The summed E-state index contributed by atoms with van der Waals surface area (Å²) in [5.41, 5.74) is 1.94. The lowest BCUT2D eigenvalue weighted by molar-refractivity contribution is 0.112. The molecule has 2 fully saturated rings. The fourth-order valence-electron chi connectivity index (χ4n) is 3.51. The Morgan fingerprint density at radius 2 is 1.90 bits per heavy atom. The van der Waals surface area contributed by atoms with E-state index in [0.29, 0.717) is 6.04 Å². The second-order valence-electron chi connectivity index (χ2n) is 6.54. The summed E-state index contributed by atoms with van der Waals surface area (Å²) in [5, 5.41) is 0. The van der Waals surface area contributed by atoms with Crippen LogP contribution in [-0.2, 0) is 6.54 Å². The number of hydrogen-bond donors (Lipinski definition) is 0. The number of hydrogen-bond acceptors (Lipinski definition) is 3. The molecule has 0 unspecified atom stereocenters. The number of halogens is 1. The van der Waals surface area contributed by atoms with Gasteiger partial charge in [0, 0.05) is 51.9 Å². The van der Waals surface area contributed by atoms with Gasteiger partial charge in [0.15, 0.2) is 0 Å². The van der Waals surface area contributed by atoms with E-state index in [0.717, 1.165) is 30.8 Å². The second-order valence-corrected chi connectivity index (χ2v) is 6.54. The van der Waals surface area contributed by atoms with Gasteiger partial charge in [-0.25, -0.2) is 4.39 Å². The Morgan fingerprint density at radius 3 is 2.67 bits per heavy atom. The summed E-state index contributed by atoms with van der Waals surface area (Å²) < 4.78 is 13.6. The zero-order valence-corrected chi connectivity index (χ0v) is 13.2. The summed E-state index contributed by atoms with van der Waals surface area (Å²) >= 11 is 0. The molecule has 2 aliphatic heterocycles. The van der Waals surface area contributed by atoms with Gasteiger partial charge in [-0.1, -0.05) is 12.1 Å². The third-order valence-corrected chi connectivity index (χ3v) is 5.08. The van der Waals surface area contributed by atoms with Crippen LogP contribution in [0.25, 0.3) is 0 Å². The van der Waals surface area contributed by atoms with Crippen LogP contribution in [0.3, 0.4) is 0 Å². The molecule has 0 bridgehead atoms. The Bertz CT molecular complexity index is 483. The average molecular weight is 291 g/mol. The third kappa shape index (κ3) is 3.44. The van der Waals surface area contributed by atoms with Crippen molar-refractivity contribution in [3.63, 3.8) is 0 Å². The molecule has 2 aliphatic rings. The number of nitrogens with zero attached hydrogens (tertiary/aromatic N) is 3. The zero-order valence-electron chi connectivity index (χ0n) is 13.2. The summed E-state index contributed by atoms with van der Waals surface area (Å²) in [6, 6.07) is 6.12. The standard InChI is InChI=1S/C17H26FN3/c1-14-15(4-3-5-17(14)18)12-20-7-6-16(13-20)21-10-8-19(2)9-11-21/h3-5,16H,6-13H2,1-2H3/t16-/m0/s1. The number of rotatable bonds is 3. The van der Waals surface area contributed by atoms with Crippen LogP contribution in [0.5, 0.6) is 0 Å². The average Bonchev–Trinajstić information content (AvgIpc) is 2.93. The van der Waals surface area contributed by atoms with E-state index < -0.39 is 0 Å². The molecule has 3 rings (SSSR count). The molecule has 0 amide bonds. The van der Waals surface area contributed by atoms with Gasteiger partial charge in [0.2, 0.25) is 0 Å². The number of piperazine rings is 1. The highest BCUT2D eigenvalue weighted by molar-refractivity contribution is 5.27. The van der Waals surface area contributed by atoms with Gasteiger partial charge in [-0.05, 0) is 37.6 Å². The minimum Gasteiger partial charge on any atom is -0.304 e. The van der Waals surface area contributed by atoms with E-state index in [-0.39, 0.29) is 5.82 Å². The Hall–Kier alpha value is -0.970. The van der Waals surface area contributed by atoms with Crippen molar-refractivity contribution >= 4 is 0 Å². The van der Waals surface area contributed by atoms with Crippen molar-refractivity contribution in [2.24, 2.45) is 0 Å². The maximum atomic E-state index is 13.6. The summed E-state index contributed by atoms with van der Waals surface area (Å²) in [6.45, 7) is 9.76. The molecule has 0 saturated carbocycles. The van der Waals surface area contributed by atoms with Gasteiger partial charge < -0.3 is 4.90 Å². The summed E-state index contributed by atoms with van der Waals surface area (Å²) in [4.78, 5) is 7.52. The largest absolute Gasteiger partial charge is 0.304 e. The number of likely N-dealkylation sites (tertiary alicyclic amines) is 1. The van der Waals surface area contributed by atoms with Crippen molar-refractivity contribution < 1.29 is 4.39 Å². The van der Waals surface area contributed by atoms with Gasteiger partial charge in [-0.3, -0.25) is 9.80 Å². The Kier molecular flexibility index (Phi) is 4.57. The van der Waals surface area contributed by atoms with E-state index in [9.17, 15) is 4.39 Å². The number of likely N-dealkylation sites (N-methyl/N-ethyl adjacent to an activating group) is 1. The van der Waals surface area contributed by atoms with Crippen LogP contribution in [0.2, 0.25) is 0 Å². The molecule has 4 heteroatoms. The normalized spacial score (nSPS) is 25.6. The fourth-order valence-corrected chi connectivity index (χ4v) is 3.51. The Labute approximate surface area is 127 Å². The van der Waals surface area contributed by atoms with Crippen LogP contribution in [-0.4, -0.2) is 67.1 Å². The second kappa shape index (κ2) is 6.42. The van der Waals surface area contributed by atoms with Gasteiger partial charge in [-0.15, -0.1) is 0 Å². The van der Waals surface area contributed by atoms with Gasteiger partial charge in [0.25, 0.3) is 0 Å². The highest BCUT2D eigenvalue weighted by Gasteiger charge is 2.29. The molecule has 1 aromatic rings. The molecule has 0 spiro atoms. The number of benzene rings is 1. The molecule has 0 aromatic heterocycles. The highest BCUT2D eigenvalue weighted by Crippen LogP contribution is 2.21. The minimum absolute atomic E-state index is 0.0812. The summed E-state index contributed by atoms with van der Waals surface area (Å²) in [7, 11) is 2.20. The predicted octanol–water partition coefficient (Wildman–Crippen LogP) is 1.96. The monoisotopic (exact) mass is 291 g/mol. The van der Waals surface area contributed by atoms with E-state index in [1.165, 1.54) is 32.6 Å². The van der Waals surface area contributed by atoms with E-state index in [4.69, 9.17) is 0 Å². The molecule has 2 saturated heterocycles. The first-order valence-corrected chi connectivity index (χ1v) is 8.02. The zero-order chi connectivity index (χ0) is 14.8. The topological polar surface area (TPSA) is 9.72 Å². The van der Waals surface area contributed by atoms with Crippen LogP contribution in [0.4, 0.5) is 4.39 Å². The molecule has 1 aromatic carbocycles. The molecule has 2 heterocycles. The lowest BCUT2D eigenvalue weighted by atomic mass is 10.1. The quantitative estimate of drug-likeness (QED) is 0.843. The molecule has 3 nitrogen and oxygen atoms in total. The van der Waals surface area contributed by atoms with Crippen LogP contribution >= 0.6 is 0 Å². The maximum absolute atomic E-state index is 13.6. The van der Waals surface area contributed by atoms with E-state index in [2.05, 4.69) is 27.8 Å². The fraction of sp³-hybridized carbons (Fsp3) is 0.647. The van der Waals surface area contributed by atoms with Gasteiger partial charge in [-0.2, -0.15) is 0 Å². The third-order valence-electron chi connectivity index (χ3n) is 5.08. The van der Waals surface area contributed by atoms with Crippen molar-refractivity contribution in [3.8, 4) is 0 Å². The van der Waals surface area contributed by atoms with Crippen LogP contribution in [0, 0.1) is 12.7 Å². The predicted molar refractivity (Wildman–Crippen MR) is 83.9 cm³/mol. The van der Waals surface area contributed by atoms with Crippen molar-refractivity contribution in [2.75, 3.05) is 46.3 Å². The maximum Gasteiger partial charge on any atom is 0.126 e. The summed E-state index contributed by atoms with van der Waals surface area (Å²) in [6.07, 6.45) is 1.25. The molecule has 21 heavy (non-hydrogen) atoms. The van der Waals surface area contributed by atoms with Crippen molar-refractivity contribution in [3.05, 3.63) is 35.1 Å². The minimum atomic E-state index is -0.0812. The van der Waals surface area contributed by atoms with Crippen LogP contribution in [0.15, 0.2) is 18.2 Å². The van der Waals surface area contributed by atoms with Crippen LogP contribution in [0.1, 0.15) is 17.5 Å². The first-order chi connectivity index (χ1) is 10.1. The molecular weight excluding hydrogens is 265 g/mol. The summed E-state index contributed by atoms with van der Waals surface area (Å²) in [5.74, 6) is -0.0812. The SMILES string of the molecule is Cc1c(F)cccc1CN1CC[C@H](N2CCN(C)CC2)C1. The molecule has 0 aliphatic carbocycles. The molecule has 116 valence electrons. The van der Waals surface area contributed by atoms with Crippen LogP contribution < -0.4 is 0 Å². The molecule has 0 radical (unpaired) electrons. The lowest BCUT2D eigenvalue weighted by Gasteiger charge is -2.36. The van der Waals surface area contributed by atoms with Crippen molar-refractivity contribution in [1.29, 1.82) is 0 Å². The van der Waals surface area contributed by atoms with Crippen molar-refractivity contribution in [1.82, 2.24) is 14.7 Å². The Balaban J connectivity index is 1.56. The lowest BCUT2D eigenvalue weighted by Crippen LogP contribution is -2.49. The highest BCUT2D eigenvalue weighted by atomic mass is 19.1. The smallest absolute Gasteiger partial charge is 0.126 e. The molecule has 1 atom stereocenters. The Morgan fingerprint density at radius 1 is 1.14 bits per heavy atom. The van der Waals surface area contributed by atoms with E-state index >= 15 is 0 Å². The van der Waals surface area contributed by atoms with Gasteiger partial charge >= 0.3 is 0 Å².